The van der Waals surface area contributed by atoms with E-state index >= 15 is 0 Å². The second-order valence-electron chi connectivity index (χ2n) is 6.87. The van der Waals surface area contributed by atoms with Crippen LogP contribution in [0.15, 0.2) is 0 Å². The smallest absolute Gasteiger partial charge is 0.409 e. The molecule has 1 amide bonds. The van der Waals surface area contributed by atoms with Crippen molar-refractivity contribution in [1.82, 2.24) is 9.80 Å². The molecule has 3 rings (SSSR count). The minimum atomic E-state index is -1.03. The number of amides is 1. The molecule has 1 atom stereocenters. The number of esters is 1. The molecule has 0 aromatic rings. The Kier molecular flexibility index (Phi) is 5.29. The molecule has 0 aliphatic carbocycles. The van der Waals surface area contributed by atoms with Crippen molar-refractivity contribution in [2.75, 3.05) is 40.4 Å². The third-order valence-corrected chi connectivity index (χ3v) is 4.65. The summed E-state index contributed by atoms with van der Waals surface area (Å²) in [4.78, 5) is 39.7. The molecule has 7 nitrogen and oxygen atoms in total. The minimum Gasteiger partial charge on any atom is -0.463 e. The molecular formula is C16H26N2O5. The maximum absolute atomic E-state index is 12.8. The average Bonchev–Trinajstić information content (AvgIpc) is 2.53. The van der Waals surface area contributed by atoms with Crippen molar-refractivity contribution in [3.63, 3.8) is 0 Å². The first-order valence-electron chi connectivity index (χ1n) is 8.08. The molecule has 0 aromatic carbocycles. The molecule has 1 unspecified atom stereocenters. The van der Waals surface area contributed by atoms with Crippen molar-refractivity contribution in [3.05, 3.63) is 0 Å². The summed E-state index contributed by atoms with van der Waals surface area (Å²) in [6, 6.07) is 0. The fraction of sp³-hybridized carbons (Fsp3) is 0.812. The zero-order valence-electron chi connectivity index (χ0n) is 14.3. The van der Waals surface area contributed by atoms with Gasteiger partial charge in [-0.15, -0.1) is 0 Å². The van der Waals surface area contributed by atoms with E-state index in [2.05, 4.69) is 0 Å². The molecule has 0 saturated carbocycles. The summed E-state index contributed by atoms with van der Waals surface area (Å²) < 4.78 is 10.7. The van der Waals surface area contributed by atoms with E-state index in [1.807, 2.05) is 4.90 Å². The summed E-state index contributed by atoms with van der Waals surface area (Å²) in [6.07, 6.45) is 1.13. The number of Topliss-reactive ketones (excluding diaryl/α,β-unsaturated/α-hetero) is 1. The van der Waals surface area contributed by atoms with Crippen LogP contribution < -0.4 is 0 Å². The van der Waals surface area contributed by atoms with Crippen LogP contribution >= 0.6 is 0 Å². The molecule has 0 spiro atoms. The van der Waals surface area contributed by atoms with Crippen molar-refractivity contribution < 1.29 is 23.9 Å². The number of ether oxygens (including phenoxy) is 2. The van der Waals surface area contributed by atoms with Crippen LogP contribution in [0.1, 0.15) is 26.7 Å². The van der Waals surface area contributed by atoms with Crippen LogP contribution in [0.3, 0.4) is 0 Å². The van der Waals surface area contributed by atoms with Crippen LogP contribution in [0.5, 0.6) is 0 Å². The standard InChI is InChI=1S/C16H26N2O5/c1-11(2)14(20)22-9-16(10-23-15(21)17(3)4)13(19)12-5-7-18(16)8-6-12/h11-12H,5-10H2,1-4H3. The van der Waals surface area contributed by atoms with E-state index in [0.29, 0.717) is 0 Å². The van der Waals surface area contributed by atoms with Crippen LogP contribution in [0, 0.1) is 11.8 Å². The summed E-state index contributed by atoms with van der Waals surface area (Å²) in [5, 5.41) is 0. The van der Waals surface area contributed by atoms with Gasteiger partial charge < -0.3 is 14.4 Å². The van der Waals surface area contributed by atoms with E-state index in [1.54, 1.807) is 27.9 Å². The topological polar surface area (TPSA) is 76.1 Å². The van der Waals surface area contributed by atoms with Gasteiger partial charge in [-0.3, -0.25) is 14.5 Å². The molecule has 3 aliphatic heterocycles. The molecule has 0 radical (unpaired) electrons. The summed E-state index contributed by atoms with van der Waals surface area (Å²) in [5.74, 6) is -0.616. The van der Waals surface area contributed by atoms with E-state index in [0.717, 1.165) is 25.9 Å². The molecule has 3 heterocycles. The number of piperidine rings is 3. The van der Waals surface area contributed by atoms with E-state index in [4.69, 9.17) is 9.47 Å². The SMILES string of the molecule is CC(C)C(=O)OCC1(COC(=O)N(C)C)C(=O)C2CCN1CC2. The molecule has 7 heteroatoms. The minimum absolute atomic E-state index is 0.0260. The number of rotatable bonds is 5. The summed E-state index contributed by atoms with van der Waals surface area (Å²) >= 11 is 0. The molecule has 2 bridgehead atoms. The normalized spacial score (nSPS) is 29.5. The third-order valence-electron chi connectivity index (χ3n) is 4.65. The number of hydrogen-bond acceptors (Lipinski definition) is 6. The van der Waals surface area contributed by atoms with Gasteiger partial charge in [0.25, 0.3) is 0 Å². The molecule has 0 N–H and O–H groups in total. The zero-order chi connectivity index (χ0) is 17.2. The lowest BCUT2D eigenvalue weighted by molar-refractivity contribution is -0.168. The Balaban J connectivity index is 2.15. The zero-order valence-corrected chi connectivity index (χ0v) is 14.3. The van der Waals surface area contributed by atoms with Crippen molar-refractivity contribution in [2.45, 2.75) is 32.2 Å². The number of carbonyl (C=O) groups is 3. The van der Waals surface area contributed by atoms with Gasteiger partial charge in [-0.1, -0.05) is 13.8 Å². The predicted molar refractivity (Wildman–Crippen MR) is 82.9 cm³/mol. The Bertz CT molecular complexity index is 457. The Morgan fingerprint density at radius 1 is 1.22 bits per heavy atom. The van der Waals surface area contributed by atoms with Gasteiger partial charge in [0.2, 0.25) is 0 Å². The number of carbonyl (C=O) groups excluding carboxylic acids is 3. The van der Waals surface area contributed by atoms with E-state index in [1.165, 1.54) is 4.90 Å². The molecule has 0 aromatic heterocycles. The Morgan fingerprint density at radius 3 is 2.26 bits per heavy atom. The lowest BCUT2D eigenvalue weighted by atomic mass is 9.74. The molecule has 3 aliphatic rings. The van der Waals surface area contributed by atoms with Crippen LogP contribution in [0.25, 0.3) is 0 Å². The van der Waals surface area contributed by atoms with Crippen LogP contribution in [0.2, 0.25) is 0 Å². The van der Waals surface area contributed by atoms with Gasteiger partial charge in [-0.05, 0) is 12.8 Å². The Labute approximate surface area is 136 Å². The van der Waals surface area contributed by atoms with Crippen LogP contribution in [-0.2, 0) is 19.1 Å². The second kappa shape index (κ2) is 6.86. The van der Waals surface area contributed by atoms with Crippen molar-refractivity contribution in [3.8, 4) is 0 Å². The number of fused-ring (bicyclic) bond motifs is 3. The largest absolute Gasteiger partial charge is 0.463 e. The summed E-state index contributed by atoms with van der Waals surface area (Å²) in [6.45, 7) is 4.88. The predicted octanol–water partition coefficient (Wildman–Crippen LogP) is 0.917. The first-order valence-corrected chi connectivity index (χ1v) is 8.08. The maximum Gasteiger partial charge on any atom is 0.409 e. The molecule has 130 valence electrons. The van der Waals surface area contributed by atoms with Gasteiger partial charge >= 0.3 is 12.1 Å². The van der Waals surface area contributed by atoms with Gasteiger partial charge in [-0.25, -0.2) is 4.79 Å². The second-order valence-corrected chi connectivity index (χ2v) is 6.87. The Hall–Kier alpha value is -1.63. The highest BCUT2D eigenvalue weighted by Crippen LogP contribution is 2.37. The van der Waals surface area contributed by atoms with E-state index in [9.17, 15) is 14.4 Å². The maximum atomic E-state index is 12.8. The lowest BCUT2D eigenvalue weighted by Gasteiger charge is -2.51. The summed E-state index contributed by atoms with van der Waals surface area (Å²) in [7, 11) is 3.17. The highest BCUT2D eigenvalue weighted by molar-refractivity contribution is 5.93. The van der Waals surface area contributed by atoms with Crippen molar-refractivity contribution in [1.29, 1.82) is 0 Å². The molecule has 3 saturated heterocycles. The van der Waals surface area contributed by atoms with E-state index in [-0.39, 0.29) is 36.8 Å². The highest BCUT2D eigenvalue weighted by atomic mass is 16.6. The van der Waals surface area contributed by atoms with Gasteiger partial charge in [-0.2, -0.15) is 0 Å². The first kappa shape index (κ1) is 17.7. The van der Waals surface area contributed by atoms with Crippen molar-refractivity contribution >= 4 is 17.8 Å². The fourth-order valence-corrected chi connectivity index (χ4v) is 3.14. The summed E-state index contributed by atoms with van der Waals surface area (Å²) in [5.41, 5.74) is -1.03. The number of ketones is 1. The quantitative estimate of drug-likeness (QED) is 0.699. The fourth-order valence-electron chi connectivity index (χ4n) is 3.14. The van der Waals surface area contributed by atoms with Crippen molar-refractivity contribution in [2.24, 2.45) is 11.8 Å². The van der Waals surface area contributed by atoms with Gasteiger partial charge in [0.05, 0.1) is 5.92 Å². The van der Waals surface area contributed by atoms with E-state index < -0.39 is 11.6 Å². The monoisotopic (exact) mass is 326 g/mol. The van der Waals surface area contributed by atoms with Gasteiger partial charge in [0.15, 0.2) is 5.78 Å². The molecule has 3 fully saturated rings. The molecule has 23 heavy (non-hydrogen) atoms. The number of nitrogens with zero attached hydrogens (tertiary/aromatic N) is 2. The van der Waals surface area contributed by atoms with Crippen LogP contribution in [0.4, 0.5) is 4.79 Å². The lowest BCUT2D eigenvalue weighted by Crippen LogP contribution is -2.69. The van der Waals surface area contributed by atoms with Gasteiger partial charge in [0.1, 0.15) is 18.8 Å². The van der Waals surface area contributed by atoms with Gasteiger partial charge in [0, 0.05) is 33.1 Å². The van der Waals surface area contributed by atoms with Crippen LogP contribution in [-0.4, -0.2) is 73.6 Å². The average molecular weight is 326 g/mol. The number of hydrogen-bond donors (Lipinski definition) is 0. The Morgan fingerprint density at radius 2 is 1.78 bits per heavy atom. The molecular weight excluding hydrogens is 300 g/mol. The first-order chi connectivity index (χ1) is 10.8. The third kappa shape index (κ3) is 3.49. The highest BCUT2D eigenvalue weighted by Gasteiger charge is 2.55.